The zero-order valence-electron chi connectivity index (χ0n) is 14.5. The third-order valence-corrected chi connectivity index (χ3v) is 5.55. The van der Waals surface area contributed by atoms with Gasteiger partial charge in [-0.05, 0) is 37.1 Å². The summed E-state index contributed by atoms with van der Waals surface area (Å²) in [6.07, 6.45) is 0.731. The van der Waals surface area contributed by atoms with E-state index in [4.69, 9.17) is 21.1 Å². The maximum absolute atomic E-state index is 14.0. The van der Waals surface area contributed by atoms with Crippen molar-refractivity contribution in [3.8, 4) is 11.5 Å². The predicted octanol–water partition coefficient (Wildman–Crippen LogP) is 4.85. The van der Waals surface area contributed by atoms with Crippen molar-refractivity contribution in [3.63, 3.8) is 0 Å². The number of methoxy groups -OCH3 is 1. The Morgan fingerprint density at radius 3 is 2.96 bits per heavy atom. The van der Waals surface area contributed by atoms with Gasteiger partial charge >= 0.3 is 0 Å². The van der Waals surface area contributed by atoms with Gasteiger partial charge in [0.15, 0.2) is 11.5 Å². The lowest BCUT2D eigenvalue weighted by atomic mass is 10.0. The first kappa shape index (κ1) is 18.9. The van der Waals surface area contributed by atoms with Gasteiger partial charge in [0.25, 0.3) is 5.91 Å². The lowest BCUT2D eigenvalue weighted by Crippen LogP contribution is -2.31. The molecule has 1 heterocycles. The number of halogens is 2. The highest BCUT2D eigenvalue weighted by molar-refractivity contribution is 7.99. The number of nitrogens with one attached hydrogen (secondary N) is 1. The summed E-state index contributed by atoms with van der Waals surface area (Å²) in [4.78, 5) is 13.3. The van der Waals surface area contributed by atoms with Crippen LogP contribution in [0.5, 0.6) is 11.5 Å². The third-order valence-electron chi connectivity index (χ3n) is 4.11. The molecule has 0 aromatic heterocycles. The Bertz CT molecular complexity index is 831. The number of amides is 1. The van der Waals surface area contributed by atoms with Gasteiger partial charge in [-0.2, -0.15) is 0 Å². The third kappa shape index (κ3) is 3.76. The highest BCUT2D eigenvalue weighted by atomic mass is 35.5. The van der Waals surface area contributed by atoms with Crippen molar-refractivity contribution in [3.05, 3.63) is 52.3 Å². The summed E-state index contributed by atoms with van der Waals surface area (Å²) in [6, 6.07) is 7.85. The van der Waals surface area contributed by atoms with Gasteiger partial charge in [-0.15, -0.1) is 11.8 Å². The van der Waals surface area contributed by atoms with E-state index < -0.39 is 0 Å². The second-order valence-corrected chi connectivity index (χ2v) is 7.26. The Labute approximate surface area is 161 Å². The maximum Gasteiger partial charge on any atom is 0.251 e. The lowest BCUT2D eigenvalue weighted by molar-refractivity contribution is 0.0934. The molecule has 0 bridgehead atoms. The summed E-state index contributed by atoms with van der Waals surface area (Å²) in [5, 5.41) is 3.28. The summed E-state index contributed by atoms with van der Waals surface area (Å²) in [5.74, 6) is 1.01. The van der Waals surface area contributed by atoms with Crippen molar-refractivity contribution in [1.29, 1.82) is 0 Å². The van der Waals surface area contributed by atoms with Crippen LogP contribution in [0, 0.1) is 5.82 Å². The molecule has 1 aliphatic heterocycles. The number of carbonyl (C=O) groups excluding carboxylic acids is 1. The van der Waals surface area contributed by atoms with Crippen LogP contribution in [-0.2, 0) is 0 Å². The van der Waals surface area contributed by atoms with E-state index in [1.165, 1.54) is 24.9 Å². The van der Waals surface area contributed by atoms with Gasteiger partial charge in [-0.3, -0.25) is 4.79 Å². The van der Waals surface area contributed by atoms with Crippen LogP contribution in [0.15, 0.2) is 35.2 Å². The molecule has 1 aliphatic rings. The monoisotopic (exact) mass is 395 g/mol. The van der Waals surface area contributed by atoms with E-state index in [1.807, 2.05) is 13.0 Å². The SMILES string of the molecule is CCOc1c(Cl)cc(C(=O)NC2CCSc3c(F)cccc32)cc1OC. The summed E-state index contributed by atoms with van der Waals surface area (Å²) in [5.41, 5.74) is 1.17. The molecule has 0 aliphatic carbocycles. The quantitative estimate of drug-likeness (QED) is 0.785. The number of hydrogen-bond acceptors (Lipinski definition) is 4. The second-order valence-electron chi connectivity index (χ2n) is 5.74. The molecule has 0 radical (unpaired) electrons. The van der Waals surface area contributed by atoms with Crippen molar-refractivity contribution in [2.45, 2.75) is 24.3 Å². The van der Waals surface area contributed by atoms with Gasteiger partial charge in [0.2, 0.25) is 0 Å². The molecule has 0 fully saturated rings. The zero-order chi connectivity index (χ0) is 18.7. The van der Waals surface area contributed by atoms with Crippen molar-refractivity contribution in [2.24, 2.45) is 0 Å². The minimum absolute atomic E-state index is 0.245. The molecule has 0 spiro atoms. The highest BCUT2D eigenvalue weighted by Gasteiger charge is 2.25. The molecule has 138 valence electrons. The first-order valence-corrected chi connectivity index (χ1v) is 9.64. The fraction of sp³-hybridized carbons (Fsp3) is 0.316. The molecule has 3 rings (SSSR count). The van der Waals surface area contributed by atoms with Crippen LogP contribution >= 0.6 is 23.4 Å². The fourth-order valence-electron chi connectivity index (χ4n) is 2.91. The highest BCUT2D eigenvalue weighted by Crippen LogP contribution is 2.39. The molecule has 1 unspecified atom stereocenters. The standard InChI is InChI=1S/C19H19ClFNO3S/c1-3-25-17-13(20)9-11(10-16(17)24-2)19(23)22-15-7-8-26-18-12(15)5-4-6-14(18)21/h4-6,9-10,15H,3,7-8H2,1-2H3,(H,22,23). The number of benzene rings is 2. The molecule has 2 aromatic carbocycles. The average molecular weight is 396 g/mol. The van der Waals surface area contributed by atoms with Gasteiger partial charge < -0.3 is 14.8 Å². The van der Waals surface area contributed by atoms with E-state index in [0.717, 1.165) is 17.7 Å². The Morgan fingerprint density at radius 2 is 2.23 bits per heavy atom. The van der Waals surface area contributed by atoms with Crippen LogP contribution in [0.2, 0.25) is 5.02 Å². The number of rotatable bonds is 5. The number of thioether (sulfide) groups is 1. The van der Waals surface area contributed by atoms with E-state index in [1.54, 1.807) is 18.2 Å². The van der Waals surface area contributed by atoms with Crippen LogP contribution < -0.4 is 14.8 Å². The molecule has 1 N–H and O–H groups in total. The first-order valence-electron chi connectivity index (χ1n) is 8.27. The van der Waals surface area contributed by atoms with Crippen molar-refractivity contribution < 1.29 is 18.7 Å². The van der Waals surface area contributed by atoms with Gasteiger partial charge in [0.05, 0.1) is 24.8 Å². The Hall–Kier alpha value is -1.92. The summed E-state index contributed by atoms with van der Waals surface area (Å²) in [7, 11) is 1.49. The minimum Gasteiger partial charge on any atom is -0.493 e. The number of carbonyl (C=O) groups is 1. The molecule has 4 nitrogen and oxygen atoms in total. The van der Waals surface area contributed by atoms with E-state index >= 15 is 0 Å². The van der Waals surface area contributed by atoms with Crippen LogP contribution in [-0.4, -0.2) is 25.4 Å². The van der Waals surface area contributed by atoms with Crippen LogP contribution in [0.3, 0.4) is 0 Å². The summed E-state index contributed by atoms with van der Waals surface area (Å²) < 4.78 is 24.8. The van der Waals surface area contributed by atoms with Gasteiger partial charge in [0.1, 0.15) is 5.82 Å². The molecular formula is C19H19ClFNO3S. The van der Waals surface area contributed by atoms with E-state index in [2.05, 4.69) is 5.32 Å². The molecule has 26 heavy (non-hydrogen) atoms. The van der Waals surface area contributed by atoms with E-state index in [-0.39, 0.29) is 17.8 Å². The Balaban J connectivity index is 1.86. The first-order chi connectivity index (χ1) is 12.5. The molecular weight excluding hydrogens is 377 g/mol. The molecule has 1 atom stereocenters. The smallest absolute Gasteiger partial charge is 0.251 e. The minimum atomic E-state index is -0.291. The summed E-state index contributed by atoms with van der Waals surface area (Å²) >= 11 is 7.72. The second kappa shape index (κ2) is 8.18. The maximum atomic E-state index is 14.0. The molecule has 7 heteroatoms. The predicted molar refractivity (Wildman–Crippen MR) is 101 cm³/mol. The van der Waals surface area contributed by atoms with Crippen LogP contribution in [0.1, 0.15) is 35.3 Å². The largest absolute Gasteiger partial charge is 0.493 e. The van der Waals surface area contributed by atoms with Gasteiger partial charge in [-0.1, -0.05) is 23.7 Å². The van der Waals surface area contributed by atoms with Crippen LogP contribution in [0.4, 0.5) is 4.39 Å². The topological polar surface area (TPSA) is 47.6 Å². The molecule has 0 saturated heterocycles. The van der Waals surface area contributed by atoms with Crippen molar-refractivity contribution in [1.82, 2.24) is 5.32 Å². The van der Waals surface area contributed by atoms with Gasteiger partial charge in [-0.25, -0.2) is 4.39 Å². The lowest BCUT2D eigenvalue weighted by Gasteiger charge is -2.26. The molecule has 0 saturated carbocycles. The summed E-state index contributed by atoms with van der Waals surface area (Å²) in [6.45, 7) is 2.28. The Morgan fingerprint density at radius 1 is 1.42 bits per heavy atom. The van der Waals surface area contributed by atoms with E-state index in [9.17, 15) is 9.18 Å². The van der Waals surface area contributed by atoms with Gasteiger partial charge in [0, 0.05) is 16.2 Å². The van der Waals surface area contributed by atoms with E-state index in [0.29, 0.717) is 33.6 Å². The number of hydrogen-bond donors (Lipinski definition) is 1. The van der Waals surface area contributed by atoms with Crippen molar-refractivity contribution >= 4 is 29.3 Å². The number of ether oxygens (including phenoxy) is 2. The number of fused-ring (bicyclic) bond motifs is 1. The van der Waals surface area contributed by atoms with Crippen molar-refractivity contribution in [2.75, 3.05) is 19.5 Å². The zero-order valence-corrected chi connectivity index (χ0v) is 16.0. The van der Waals surface area contributed by atoms with Crippen LogP contribution in [0.25, 0.3) is 0 Å². The molecule has 1 amide bonds. The Kier molecular flexibility index (Phi) is 5.94. The molecule has 2 aromatic rings. The average Bonchev–Trinajstić information content (AvgIpc) is 2.64. The fourth-order valence-corrected chi connectivity index (χ4v) is 4.32. The normalized spacial score (nSPS) is 15.9.